The van der Waals surface area contributed by atoms with Crippen molar-refractivity contribution in [2.24, 2.45) is 5.41 Å². The molecule has 172 valence electrons. The fraction of sp³-hybridized carbons (Fsp3) is 0.417. The minimum Gasteiger partial charge on any atom is -0.454 e. The number of nitrogens with one attached hydrogen (secondary N) is 1. The first-order valence-corrected chi connectivity index (χ1v) is 10.7. The molecule has 1 aromatic carbocycles. The van der Waals surface area contributed by atoms with E-state index in [1.54, 1.807) is 24.1 Å². The smallest absolute Gasteiger partial charge is 0.231 e. The van der Waals surface area contributed by atoms with Gasteiger partial charge in [0.05, 0.1) is 18.0 Å². The summed E-state index contributed by atoms with van der Waals surface area (Å²) >= 11 is 0. The largest absolute Gasteiger partial charge is 0.454 e. The molecule has 9 nitrogen and oxygen atoms in total. The summed E-state index contributed by atoms with van der Waals surface area (Å²) in [4.78, 5) is 17.3. The number of ether oxygens (including phenoxy) is 3. The van der Waals surface area contributed by atoms with Gasteiger partial charge in [0.1, 0.15) is 11.6 Å². The van der Waals surface area contributed by atoms with Crippen LogP contribution in [-0.2, 0) is 16.1 Å². The number of amides is 1. The number of hydrogen-bond acceptors (Lipinski definition) is 7. The maximum Gasteiger partial charge on any atom is 0.231 e. The van der Waals surface area contributed by atoms with Gasteiger partial charge in [-0.25, -0.2) is 9.67 Å². The van der Waals surface area contributed by atoms with Crippen LogP contribution in [0.2, 0.25) is 0 Å². The lowest BCUT2D eigenvalue weighted by Gasteiger charge is -2.16. The van der Waals surface area contributed by atoms with Crippen LogP contribution in [0.15, 0.2) is 24.4 Å². The number of nitrogens with zero attached hydrogens (tertiary/aromatic N) is 4. The number of hydrogen-bond donors (Lipinski definition) is 1. The van der Waals surface area contributed by atoms with Crippen molar-refractivity contribution in [2.45, 2.75) is 46.8 Å². The van der Waals surface area contributed by atoms with Crippen LogP contribution in [0.1, 0.15) is 39.7 Å². The Morgan fingerprint density at radius 1 is 1.36 bits per heavy atom. The molecule has 0 radical (unpaired) electrons. The van der Waals surface area contributed by atoms with Crippen molar-refractivity contribution in [2.75, 3.05) is 19.2 Å². The molecule has 33 heavy (non-hydrogen) atoms. The number of carbonyl (C=O) groups is 1. The number of fused-ring (bicyclic) bond motifs is 2. The molecule has 0 bridgehead atoms. The third kappa shape index (κ3) is 4.61. The third-order valence-electron chi connectivity index (χ3n) is 5.33. The lowest BCUT2D eigenvalue weighted by Crippen LogP contribution is -2.20. The zero-order valence-corrected chi connectivity index (χ0v) is 19.4. The zero-order chi connectivity index (χ0) is 23.8. The van der Waals surface area contributed by atoms with Gasteiger partial charge >= 0.3 is 0 Å². The molecule has 0 saturated carbocycles. The summed E-state index contributed by atoms with van der Waals surface area (Å²) in [5.74, 6) is 1.27. The highest BCUT2D eigenvalue weighted by atomic mass is 16.7. The van der Waals surface area contributed by atoms with Gasteiger partial charge < -0.3 is 19.5 Å². The summed E-state index contributed by atoms with van der Waals surface area (Å²) in [6, 6.07) is 7.68. The van der Waals surface area contributed by atoms with Gasteiger partial charge in [-0.2, -0.15) is 10.4 Å². The first-order chi connectivity index (χ1) is 15.7. The molecule has 2 aromatic heterocycles. The van der Waals surface area contributed by atoms with Crippen molar-refractivity contribution in [3.8, 4) is 28.7 Å². The number of anilines is 1. The van der Waals surface area contributed by atoms with E-state index in [2.05, 4.69) is 21.5 Å². The molecule has 1 atom stereocenters. The molecule has 1 aliphatic heterocycles. The molecule has 0 saturated heterocycles. The standard InChI is InChI=1S/C24H27N5O4/c1-14(31-5)12-29-23-17(22(28-29)27-20(30)9-24(2,3)4)8-15(11-26-23)16-6-7-19-21(18(16)10-25)33-13-32-19/h6-8,11,14H,9,12-13H2,1-5H3,(H,27,28,30). The summed E-state index contributed by atoms with van der Waals surface area (Å²) in [6.07, 6.45) is 1.95. The Kier molecular flexibility index (Phi) is 5.95. The molecular formula is C24H27N5O4. The molecule has 1 N–H and O–H groups in total. The highest BCUT2D eigenvalue weighted by Crippen LogP contribution is 2.41. The second kappa shape index (κ2) is 8.71. The molecule has 1 unspecified atom stereocenters. The molecule has 4 rings (SSSR count). The summed E-state index contributed by atoms with van der Waals surface area (Å²) < 4.78 is 18.0. The van der Waals surface area contributed by atoms with E-state index in [-0.39, 0.29) is 24.2 Å². The van der Waals surface area contributed by atoms with E-state index in [0.29, 0.717) is 58.0 Å². The van der Waals surface area contributed by atoms with E-state index < -0.39 is 0 Å². The van der Waals surface area contributed by atoms with Crippen LogP contribution >= 0.6 is 0 Å². The Morgan fingerprint density at radius 2 is 2.15 bits per heavy atom. The van der Waals surface area contributed by atoms with Gasteiger partial charge in [0.15, 0.2) is 23.0 Å². The summed E-state index contributed by atoms with van der Waals surface area (Å²) in [5, 5.41) is 18.0. The summed E-state index contributed by atoms with van der Waals surface area (Å²) in [7, 11) is 1.64. The Balaban J connectivity index is 1.80. The van der Waals surface area contributed by atoms with E-state index in [1.165, 1.54) is 0 Å². The SMILES string of the molecule is COC(C)Cn1nc(NC(=O)CC(C)(C)C)c2cc(-c3ccc4c(c3C#N)OCO4)cnc21. The average molecular weight is 450 g/mol. The molecule has 9 heteroatoms. The minimum absolute atomic E-state index is 0.0825. The molecule has 0 fully saturated rings. The fourth-order valence-corrected chi connectivity index (χ4v) is 3.73. The normalized spacial score (nSPS) is 13.7. The number of aromatic nitrogens is 3. The Bertz CT molecular complexity index is 1250. The number of nitriles is 1. The van der Waals surface area contributed by atoms with Crippen LogP contribution in [0, 0.1) is 16.7 Å². The molecule has 0 spiro atoms. The number of benzene rings is 1. The summed E-state index contributed by atoms with van der Waals surface area (Å²) in [5.41, 5.74) is 2.21. The molecule has 0 aliphatic carbocycles. The van der Waals surface area contributed by atoms with Gasteiger partial charge in [-0.15, -0.1) is 0 Å². The Morgan fingerprint density at radius 3 is 2.85 bits per heavy atom. The van der Waals surface area contributed by atoms with Crippen molar-refractivity contribution in [3.63, 3.8) is 0 Å². The van der Waals surface area contributed by atoms with Gasteiger partial charge in [0.25, 0.3) is 0 Å². The van der Waals surface area contributed by atoms with Gasteiger partial charge in [0.2, 0.25) is 12.7 Å². The van der Waals surface area contributed by atoms with E-state index >= 15 is 0 Å². The van der Waals surface area contributed by atoms with Crippen LogP contribution in [-0.4, -0.2) is 40.7 Å². The van der Waals surface area contributed by atoms with Gasteiger partial charge in [-0.1, -0.05) is 20.8 Å². The van der Waals surface area contributed by atoms with E-state index in [1.807, 2.05) is 39.8 Å². The van der Waals surface area contributed by atoms with Crippen molar-refractivity contribution in [3.05, 3.63) is 30.0 Å². The maximum atomic E-state index is 12.7. The molecule has 3 aromatic rings. The Hall–Kier alpha value is -3.64. The third-order valence-corrected chi connectivity index (χ3v) is 5.33. The highest BCUT2D eigenvalue weighted by Gasteiger charge is 2.24. The van der Waals surface area contributed by atoms with Crippen LogP contribution < -0.4 is 14.8 Å². The predicted octanol–water partition coefficient (Wildman–Crippen LogP) is 4.11. The van der Waals surface area contributed by atoms with Gasteiger partial charge in [-0.05, 0) is 30.5 Å². The zero-order valence-electron chi connectivity index (χ0n) is 19.4. The number of rotatable bonds is 6. The molecule has 3 heterocycles. The van der Waals surface area contributed by atoms with E-state index in [0.717, 1.165) is 0 Å². The second-order valence-electron chi connectivity index (χ2n) is 9.29. The number of methoxy groups -OCH3 is 1. The van der Waals surface area contributed by atoms with E-state index in [9.17, 15) is 10.1 Å². The lowest BCUT2D eigenvalue weighted by atomic mass is 9.92. The number of carbonyl (C=O) groups excluding carboxylic acids is 1. The van der Waals surface area contributed by atoms with E-state index in [4.69, 9.17) is 14.2 Å². The fourth-order valence-electron chi connectivity index (χ4n) is 3.73. The van der Waals surface area contributed by atoms with Crippen molar-refractivity contribution in [1.29, 1.82) is 5.26 Å². The molecule has 1 amide bonds. The second-order valence-corrected chi connectivity index (χ2v) is 9.29. The monoisotopic (exact) mass is 449 g/mol. The quantitative estimate of drug-likeness (QED) is 0.603. The lowest BCUT2D eigenvalue weighted by molar-refractivity contribution is -0.117. The molecular weight excluding hydrogens is 422 g/mol. The van der Waals surface area contributed by atoms with Gasteiger partial charge in [0, 0.05) is 30.9 Å². The first kappa shape index (κ1) is 22.6. The number of pyridine rings is 1. The minimum atomic E-state index is -0.162. The van der Waals surface area contributed by atoms with Crippen LogP contribution in [0.3, 0.4) is 0 Å². The topological polar surface area (TPSA) is 111 Å². The average Bonchev–Trinajstić information content (AvgIpc) is 3.36. The van der Waals surface area contributed by atoms with Crippen LogP contribution in [0.4, 0.5) is 5.82 Å². The van der Waals surface area contributed by atoms with Crippen molar-refractivity contribution >= 4 is 22.8 Å². The predicted molar refractivity (Wildman–Crippen MR) is 123 cm³/mol. The maximum absolute atomic E-state index is 12.7. The molecule has 1 aliphatic rings. The summed E-state index contributed by atoms with van der Waals surface area (Å²) in [6.45, 7) is 8.51. The van der Waals surface area contributed by atoms with Crippen LogP contribution in [0.25, 0.3) is 22.2 Å². The van der Waals surface area contributed by atoms with Crippen molar-refractivity contribution < 1.29 is 19.0 Å². The van der Waals surface area contributed by atoms with Gasteiger partial charge in [-0.3, -0.25) is 4.79 Å². The first-order valence-electron chi connectivity index (χ1n) is 10.7. The highest BCUT2D eigenvalue weighted by molar-refractivity contribution is 6.00. The van der Waals surface area contributed by atoms with Crippen LogP contribution in [0.5, 0.6) is 11.5 Å². The van der Waals surface area contributed by atoms with Crippen molar-refractivity contribution in [1.82, 2.24) is 14.8 Å². The Labute approximate surface area is 192 Å².